The summed E-state index contributed by atoms with van der Waals surface area (Å²) in [6.07, 6.45) is 0. The Balaban J connectivity index is 0.000000347. The zero-order chi connectivity index (χ0) is 53.5. The quantitative estimate of drug-likeness (QED) is 0.0747. The van der Waals surface area contributed by atoms with E-state index in [9.17, 15) is 135 Å². The number of rotatable bonds is 3. The van der Waals surface area contributed by atoms with Gasteiger partial charge in [0.25, 0.3) is 0 Å². The van der Waals surface area contributed by atoms with E-state index in [1.165, 1.54) is 0 Å². The molecule has 0 aromatic heterocycles. The second-order valence-corrected chi connectivity index (χ2v) is 11.9. The first kappa shape index (κ1) is 60.2. The monoisotopic (exact) mass is 1070 g/mol. The van der Waals surface area contributed by atoms with E-state index in [-0.39, 0.29) is 18.9 Å². The predicted molar refractivity (Wildman–Crippen MR) is 169 cm³/mol. The van der Waals surface area contributed by atoms with Crippen LogP contribution in [0.3, 0.4) is 0 Å². The maximum absolute atomic E-state index is 13.4. The Hall–Kier alpha value is -5.92. The average molecular weight is 1070 g/mol. The van der Waals surface area contributed by atoms with Crippen molar-refractivity contribution in [2.45, 2.75) is 0 Å². The molecule has 372 valence electrons. The zero-order valence-electron chi connectivity index (χ0n) is 30.7. The van der Waals surface area contributed by atoms with Gasteiger partial charge in [0, 0.05) is 0 Å². The van der Waals surface area contributed by atoms with E-state index in [2.05, 4.69) is 0 Å². The minimum absolute atomic E-state index is 0. The Kier molecular flexibility index (Phi) is 19.7. The molecule has 0 amide bonds. The van der Waals surface area contributed by atoms with Crippen molar-refractivity contribution in [2.24, 2.45) is 0 Å². The van der Waals surface area contributed by atoms with E-state index < -0.39 is 224 Å². The van der Waals surface area contributed by atoms with Gasteiger partial charge in [-0.25, -0.2) is 132 Å². The molecule has 1 nitrogen and oxygen atoms in total. The molecule has 0 spiro atoms. The molecule has 0 aliphatic carbocycles. The van der Waals surface area contributed by atoms with Crippen LogP contribution in [0.25, 0.3) is 33.4 Å². The zero-order valence-corrected chi connectivity index (χ0v) is 31.9. The number of hydrogen-bond donors (Lipinski definition) is 0. The van der Waals surface area contributed by atoms with Gasteiger partial charge >= 0.3 is 41.8 Å². The third-order valence-electron chi connectivity index (χ3n) is 8.01. The molecular weight excluding hydrogens is 1070 g/mol. The van der Waals surface area contributed by atoms with Crippen LogP contribution in [0.4, 0.5) is 135 Å². The Morgan fingerprint density at radius 2 is 0.200 bits per heavy atom. The van der Waals surface area contributed by atoms with Gasteiger partial charge in [-0.1, -0.05) is 0 Å². The Morgan fingerprint density at radius 1 is 0.157 bits per heavy atom. The first-order chi connectivity index (χ1) is 31.7. The van der Waals surface area contributed by atoms with Crippen molar-refractivity contribution in [2.75, 3.05) is 0 Å². The van der Waals surface area contributed by atoms with Gasteiger partial charge in [0.2, 0.25) is 34.9 Å². The molecule has 0 saturated carbocycles. The van der Waals surface area contributed by atoms with Crippen LogP contribution in [0.15, 0.2) is 0 Å². The topological polar surface area (TPSA) is 17.1 Å². The molecule has 0 fully saturated rings. The van der Waals surface area contributed by atoms with Gasteiger partial charge in [0.05, 0.1) is 33.4 Å². The standard InChI is InChI=1S/3C12F10.Al.FH.Li.O.H/c3*13-3-1(4(14)8(18)11(21)7(3)17)2-5(15)9(19)12(22)10(20)6(2)16;;;;;/h;;;;1H;;;/q;;;+1;;;;/p-1. The summed E-state index contributed by atoms with van der Waals surface area (Å²) in [5.74, 6) is -79.9. The fraction of sp³-hybridized carbons (Fsp3) is 0. The molecule has 34 heteroatoms. The summed E-state index contributed by atoms with van der Waals surface area (Å²) in [6.45, 7) is 0. The number of hydrogen-bond acceptors (Lipinski definition) is 1. The van der Waals surface area contributed by atoms with Crippen molar-refractivity contribution in [3.8, 4) is 33.4 Å². The Labute approximate surface area is 380 Å². The summed E-state index contributed by atoms with van der Waals surface area (Å²) >= 11 is -2.00. The van der Waals surface area contributed by atoms with Crippen molar-refractivity contribution < 1.29 is 139 Å². The average Bonchev–Trinajstić information content (AvgIpc) is 3.32. The Bertz CT molecular complexity index is 2410. The van der Waals surface area contributed by atoms with E-state index in [1.807, 2.05) is 0 Å². The van der Waals surface area contributed by atoms with E-state index in [0.717, 1.165) is 0 Å². The van der Waals surface area contributed by atoms with Crippen LogP contribution in [0.5, 0.6) is 0 Å². The van der Waals surface area contributed by atoms with Gasteiger partial charge < -0.3 is 0 Å². The molecule has 6 aromatic rings. The van der Waals surface area contributed by atoms with Crippen molar-refractivity contribution in [3.63, 3.8) is 0 Å². The molecule has 0 N–H and O–H groups in total. The third kappa shape index (κ3) is 10.3. The van der Waals surface area contributed by atoms with Crippen molar-refractivity contribution >= 4 is 34.5 Å². The van der Waals surface area contributed by atoms with Gasteiger partial charge in [-0.15, -0.1) is 0 Å². The van der Waals surface area contributed by atoms with Crippen LogP contribution in [0.2, 0.25) is 0 Å². The van der Waals surface area contributed by atoms with Crippen LogP contribution >= 0.6 is 0 Å². The molecule has 0 radical (unpaired) electrons. The molecule has 0 aliphatic rings. The van der Waals surface area contributed by atoms with Crippen molar-refractivity contribution in [3.05, 3.63) is 175 Å². The van der Waals surface area contributed by atoms with Gasteiger partial charge in [-0.3, -0.25) is 0 Å². The van der Waals surface area contributed by atoms with Gasteiger partial charge in [-0.2, -0.15) is 0 Å². The first-order valence-corrected chi connectivity index (χ1v) is 16.8. The molecule has 0 aliphatic heterocycles. The normalized spacial score (nSPS) is 10.7. The molecule has 0 unspecified atom stereocenters. The van der Waals surface area contributed by atoms with E-state index in [0.29, 0.717) is 0 Å². The van der Waals surface area contributed by atoms with Crippen molar-refractivity contribution in [1.82, 2.24) is 0 Å². The van der Waals surface area contributed by atoms with Crippen LogP contribution < -0.4 is 0 Å². The fourth-order valence-corrected chi connectivity index (χ4v) is 4.95. The maximum atomic E-state index is 13.4. The summed E-state index contributed by atoms with van der Waals surface area (Å²) in [5.41, 5.74) is -13.6. The molecule has 70 heavy (non-hydrogen) atoms. The fourth-order valence-electron chi connectivity index (χ4n) is 4.95. The summed E-state index contributed by atoms with van der Waals surface area (Å²) in [5, 5.41) is 0. The minimum atomic E-state index is -2.68. The van der Waals surface area contributed by atoms with E-state index in [4.69, 9.17) is 3.80 Å². The molecule has 6 aromatic carbocycles. The Morgan fingerprint density at radius 3 is 0.257 bits per heavy atom. The molecule has 0 atom stereocenters. The molecule has 0 saturated heterocycles. The first-order valence-electron chi connectivity index (χ1n) is 15.9. The van der Waals surface area contributed by atoms with Crippen LogP contribution in [-0.4, -0.2) is 34.5 Å². The summed E-state index contributed by atoms with van der Waals surface area (Å²) < 4.78 is 412. The number of benzene rings is 6. The van der Waals surface area contributed by atoms with E-state index >= 15 is 0 Å². The van der Waals surface area contributed by atoms with Gasteiger partial charge in [0.15, 0.2) is 140 Å². The second-order valence-electron chi connectivity index (χ2n) is 11.8. The molecular formula is C36HAlF31LiO. The molecule has 0 heterocycles. The summed E-state index contributed by atoms with van der Waals surface area (Å²) in [6, 6.07) is 0. The van der Waals surface area contributed by atoms with Gasteiger partial charge in [-0.05, 0) is 0 Å². The van der Waals surface area contributed by atoms with Crippen LogP contribution in [0, 0.1) is 175 Å². The van der Waals surface area contributed by atoms with Crippen molar-refractivity contribution in [1.29, 1.82) is 0 Å². The summed E-state index contributed by atoms with van der Waals surface area (Å²) in [7, 11) is 0. The second kappa shape index (κ2) is 22.9. The third-order valence-corrected chi connectivity index (χ3v) is 8.01. The number of halogens is 31. The van der Waals surface area contributed by atoms with Gasteiger partial charge in [0.1, 0.15) is 0 Å². The molecule has 0 bridgehead atoms. The van der Waals surface area contributed by atoms with Crippen LogP contribution in [-0.2, 0) is 3.80 Å². The summed E-state index contributed by atoms with van der Waals surface area (Å²) in [4.78, 5) is 0. The predicted octanol–water partition coefficient (Wildman–Crippen LogP) is 13.5. The van der Waals surface area contributed by atoms with E-state index in [1.54, 1.807) is 0 Å². The SMILES string of the molecule is Fc1c(F)c(F)c(-c2c(F)c(F)c(F)c(F)c2F)c(F)c1F.Fc1c(F)c(F)c(-c2c(F)c(F)c(F)c(F)c2F)c(F)c1F.Fc1c(F)c(F)c(-c2c(F)c(F)c(F)c(F)c2F)c(F)c1F.[LiH].[O]=[Al][F]. The van der Waals surface area contributed by atoms with Crippen LogP contribution in [0.1, 0.15) is 0 Å². The molecule has 6 rings (SSSR count).